The standard InChI is InChI=1S/C12H16N2O5/c1-7(6-15)5-13-10-3-9(12(16)17)4-11(8(10)2)14(18)19/h3-4,7,13,15H,5-6H2,1-2H3,(H,16,17). The Morgan fingerprint density at radius 1 is 1.53 bits per heavy atom. The molecule has 1 atom stereocenters. The highest BCUT2D eigenvalue weighted by molar-refractivity contribution is 5.90. The molecule has 1 rings (SSSR count). The number of hydrogen-bond donors (Lipinski definition) is 3. The minimum absolute atomic E-state index is 0.0211. The Kier molecular flexibility index (Phi) is 4.82. The number of nitro groups is 1. The molecule has 1 aromatic carbocycles. The average Bonchev–Trinajstić information content (AvgIpc) is 2.36. The van der Waals surface area contributed by atoms with Crippen molar-refractivity contribution in [3.8, 4) is 0 Å². The van der Waals surface area contributed by atoms with Crippen molar-refractivity contribution in [2.45, 2.75) is 13.8 Å². The quantitative estimate of drug-likeness (QED) is 0.534. The molecule has 0 saturated heterocycles. The van der Waals surface area contributed by atoms with Crippen LogP contribution in [0.15, 0.2) is 12.1 Å². The van der Waals surface area contributed by atoms with Gasteiger partial charge in [0.1, 0.15) is 0 Å². The van der Waals surface area contributed by atoms with Crippen LogP contribution < -0.4 is 5.32 Å². The summed E-state index contributed by atoms with van der Waals surface area (Å²) in [6.07, 6.45) is 0. The number of anilines is 1. The molecule has 7 heteroatoms. The SMILES string of the molecule is Cc1c(NCC(C)CO)cc(C(=O)O)cc1[N+](=O)[O-]. The smallest absolute Gasteiger partial charge is 0.336 e. The third kappa shape index (κ3) is 3.65. The fourth-order valence-electron chi connectivity index (χ4n) is 1.54. The van der Waals surface area contributed by atoms with Gasteiger partial charge in [0.15, 0.2) is 0 Å². The Bertz CT molecular complexity index is 501. The lowest BCUT2D eigenvalue weighted by Gasteiger charge is -2.13. The molecule has 104 valence electrons. The van der Waals surface area contributed by atoms with Crippen LogP contribution in [0.4, 0.5) is 11.4 Å². The average molecular weight is 268 g/mol. The summed E-state index contributed by atoms with van der Waals surface area (Å²) in [5, 5.41) is 31.7. The van der Waals surface area contributed by atoms with Gasteiger partial charge in [-0.15, -0.1) is 0 Å². The van der Waals surface area contributed by atoms with E-state index in [1.165, 1.54) is 6.07 Å². The molecule has 0 aliphatic carbocycles. The van der Waals surface area contributed by atoms with Crippen LogP contribution in [0.3, 0.4) is 0 Å². The minimum atomic E-state index is -1.22. The summed E-state index contributed by atoms with van der Waals surface area (Å²) in [6, 6.07) is 2.40. The first kappa shape index (κ1) is 14.9. The number of aliphatic hydroxyl groups excluding tert-OH is 1. The molecule has 0 spiro atoms. The van der Waals surface area contributed by atoms with Gasteiger partial charge in [0.25, 0.3) is 5.69 Å². The Morgan fingerprint density at radius 2 is 2.16 bits per heavy atom. The molecule has 0 aliphatic heterocycles. The van der Waals surface area contributed by atoms with Crippen LogP contribution in [0.2, 0.25) is 0 Å². The summed E-state index contributed by atoms with van der Waals surface area (Å²) in [4.78, 5) is 21.2. The highest BCUT2D eigenvalue weighted by Gasteiger charge is 2.19. The fraction of sp³-hybridized carbons (Fsp3) is 0.417. The van der Waals surface area contributed by atoms with E-state index < -0.39 is 10.9 Å². The van der Waals surface area contributed by atoms with E-state index in [0.29, 0.717) is 17.8 Å². The van der Waals surface area contributed by atoms with Crippen LogP contribution in [0.25, 0.3) is 0 Å². The number of aromatic carboxylic acids is 1. The maximum absolute atomic E-state index is 10.9. The first-order valence-electron chi connectivity index (χ1n) is 5.73. The van der Waals surface area contributed by atoms with Gasteiger partial charge in [-0.2, -0.15) is 0 Å². The van der Waals surface area contributed by atoms with Crippen molar-refractivity contribution in [2.75, 3.05) is 18.5 Å². The number of carboxylic acids is 1. The Labute approximate surface area is 110 Å². The molecule has 3 N–H and O–H groups in total. The van der Waals surface area contributed by atoms with Crippen molar-refractivity contribution in [3.63, 3.8) is 0 Å². The molecule has 0 amide bonds. The van der Waals surface area contributed by atoms with Gasteiger partial charge in [-0.1, -0.05) is 6.92 Å². The molecular weight excluding hydrogens is 252 g/mol. The highest BCUT2D eigenvalue weighted by atomic mass is 16.6. The monoisotopic (exact) mass is 268 g/mol. The highest BCUT2D eigenvalue weighted by Crippen LogP contribution is 2.28. The Balaban J connectivity index is 3.14. The largest absolute Gasteiger partial charge is 0.478 e. The van der Waals surface area contributed by atoms with Gasteiger partial charge in [-0.05, 0) is 18.9 Å². The van der Waals surface area contributed by atoms with E-state index in [4.69, 9.17) is 10.2 Å². The first-order valence-corrected chi connectivity index (χ1v) is 5.73. The van der Waals surface area contributed by atoms with Gasteiger partial charge < -0.3 is 15.5 Å². The van der Waals surface area contributed by atoms with Gasteiger partial charge in [0, 0.05) is 30.5 Å². The third-order valence-corrected chi connectivity index (χ3v) is 2.78. The number of nitrogens with one attached hydrogen (secondary N) is 1. The zero-order valence-corrected chi connectivity index (χ0v) is 10.7. The van der Waals surface area contributed by atoms with Crippen LogP contribution in [0.5, 0.6) is 0 Å². The summed E-state index contributed by atoms with van der Waals surface area (Å²) in [5.74, 6) is -1.26. The summed E-state index contributed by atoms with van der Waals surface area (Å²) >= 11 is 0. The van der Waals surface area contributed by atoms with Crippen molar-refractivity contribution in [1.29, 1.82) is 0 Å². The van der Waals surface area contributed by atoms with E-state index in [1.807, 2.05) is 0 Å². The fourth-order valence-corrected chi connectivity index (χ4v) is 1.54. The predicted octanol–water partition coefficient (Wildman–Crippen LogP) is 1.64. The second-order valence-corrected chi connectivity index (χ2v) is 4.40. The summed E-state index contributed by atoms with van der Waals surface area (Å²) < 4.78 is 0. The van der Waals surface area contributed by atoms with E-state index in [-0.39, 0.29) is 23.8 Å². The molecule has 1 aromatic rings. The normalized spacial score (nSPS) is 11.9. The Hall–Kier alpha value is -2.15. The molecule has 7 nitrogen and oxygen atoms in total. The van der Waals surface area contributed by atoms with Crippen LogP contribution >= 0.6 is 0 Å². The van der Waals surface area contributed by atoms with Crippen molar-refractivity contribution in [3.05, 3.63) is 33.4 Å². The molecule has 0 aromatic heterocycles. The molecular formula is C12H16N2O5. The summed E-state index contributed by atoms with van der Waals surface area (Å²) in [5.41, 5.74) is 0.391. The van der Waals surface area contributed by atoms with Crippen LogP contribution in [0, 0.1) is 23.0 Å². The molecule has 0 fully saturated rings. The molecule has 0 saturated carbocycles. The van der Waals surface area contributed by atoms with E-state index in [9.17, 15) is 14.9 Å². The zero-order chi connectivity index (χ0) is 14.6. The number of hydrogen-bond acceptors (Lipinski definition) is 5. The number of rotatable bonds is 6. The number of nitro benzene ring substituents is 1. The molecule has 0 aliphatic rings. The number of carboxylic acid groups (broad SMARTS) is 1. The number of benzene rings is 1. The lowest BCUT2D eigenvalue weighted by molar-refractivity contribution is -0.385. The Morgan fingerprint density at radius 3 is 2.63 bits per heavy atom. The minimum Gasteiger partial charge on any atom is -0.478 e. The topological polar surface area (TPSA) is 113 Å². The van der Waals surface area contributed by atoms with Gasteiger partial charge in [0.05, 0.1) is 10.5 Å². The lowest BCUT2D eigenvalue weighted by Crippen LogP contribution is -2.16. The van der Waals surface area contributed by atoms with Crippen molar-refractivity contribution >= 4 is 17.3 Å². The third-order valence-electron chi connectivity index (χ3n) is 2.78. The first-order chi connectivity index (χ1) is 8.86. The van der Waals surface area contributed by atoms with Crippen LogP contribution in [0.1, 0.15) is 22.8 Å². The van der Waals surface area contributed by atoms with Crippen LogP contribution in [-0.2, 0) is 0 Å². The van der Waals surface area contributed by atoms with E-state index in [1.54, 1.807) is 13.8 Å². The molecule has 0 radical (unpaired) electrons. The lowest BCUT2D eigenvalue weighted by atomic mass is 10.1. The summed E-state index contributed by atoms with van der Waals surface area (Å²) in [7, 11) is 0. The molecule has 19 heavy (non-hydrogen) atoms. The number of nitrogens with zero attached hydrogens (tertiary/aromatic N) is 1. The maximum Gasteiger partial charge on any atom is 0.336 e. The van der Waals surface area contributed by atoms with Gasteiger partial charge in [-0.25, -0.2) is 4.79 Å². The molecule has 0 heterocycles. The van der Waals surface area contributed by atoms with E-state index >= 15 is 0 Å². The molecule has 1 unspecified atom stereocenters. The number of aliphatic hydroxyl groups is 1. The van der Waals surface area contributed by atoms with Crippen molar-refractivity contribution in [1.82, 2.24) is 0 Å². The van der Waals surface area contributed by atoms with Gasteiger partial charge >= 0.3 is 5.97 Å². The van der Waals surface area contributed by atoms with Crippen molar-refractivity contribution < 1.29 is 19.9 Å². The zero-order valence-electron chi connectivity index (χ0n) is 10.7. The number of carbonyl (C=O) groups is 1. The second-order valence-electron chi connectivity index (χ2n) is 4.40. The summed E-state index contributed by atoms with van der Waals surface area (Å²) in [6.45, 7) is 3.73. The van der Waals surface area contributed by atoms with Gasteiger partial charge in [0.2, 0.25) is 0 Å². The van der Waals surface area contributed by atoms with Crippen LogP contribution in [-0.4, -0.2) is 34.3 Å². The molecule has 0 bridgehead atoms. The maximum atomic E-state index is 10.9. The second kappa shape index (κ2) is 6.14. The van der Waals surface area contributed by atoms with Crippen molar-refractivity contribution in [2.24, 2.45) is 5.92 Å². The predicted molar refractivity (Wildman–Crippen MR) is 69.5 cm³/mol. The van der Waals surface area contributed by atoms with Gasteiger partial charge in [-0.3, -0.25) is 10.1 Å². The van der Waals surface area contributed by atoms with E-state index in [0.717, 1.165) is 6.07 Å². The van der Waals surface area contributed by atoms with E-state index in [2.05, 4.69) is 5.32 Å².